The van der Waals surface area contributed by atoms with Crippen molar-refractivity contribution in [3.63, 3.8) is 0 Å². The number of carboxylic acids is 1. The third kappa shape index (κ3) is 2.92. The highest BCUT2D eigenvalue weighted by Gasteiger charge is 2.41. The average Bonchev–Trinajstić information content (AvgIpc) is 2.37. The minimum atomic E-state index is -0.792. The molecule has 1 saturated carbocycles. The first kappa shape index (κ1) is 14.3. The smallest absolute Gasteiger partial charge is 0.309 e. The van der Waals surface area contributed by atoms with Crippen LogP contribution in [0.1, 0.15) is 38.2 Å². The van der Waals surface area contributed by atoms with Gasteiger partial charge in [-0.25, -0.2) is 4.39 Å². The summed E-state index contributed by atoms with van der Waals surface area (Å²) in [5.41, 5.74) is -0.192. The number of rotatable bonds is 3. The van der Waals surface area contributed by atoms with Crippen LogP contribution in [-0.4, -0.2) is 11.1 Å². The summed E-state index contributed by atoms with van der Waals surface area (Å²) in [7, 11) is 0. The maximum absolute atomic E-state index is 13.4. The van der Waals surface area contributed by atoms with Crippen LogP contribution in [0.15, 0.2) is 18.2 Å². The SMILES string of the molecule is CC1CCC(Cc2cccc(F)c2Cl)(C(=O)O)CC1. The minimum Gasteiger partial charge on any atom is -0.481 e. The third-order valence-corrected chi connectivity index (χ3v) is 4.67. The van der Waals surface area contributed by atoms with E-state index in [2.05, 4.69) is 6.92 Å². The van der Waals surface area contributed by atoms with Crippen molar-refractivity contribution < 1.29 is 14.3 Å². The standard InChI is InChI=1S/C15H18ClFO2/c1-10-5-7-15(8-6-10,14(18)19)9-11-3-2-4-12(17)13(11)16/h2-4,10H,5-9H2,1H3,(H,18,19). The van der Waals surface area contributed by atoms with E-state index in [1.54, 1.807) is 12.1 Å². The Kier molecular flexibility index (Phi) is 4.14. The van der Waals surface area contributed by atoms with Crippen molar-refractivity contribution in [2.45, 2.75) is 39.0 Å². The fourth-order valence-electron chi connectivity index (χ4n) is 2.83. The van der Waals surface area contributed by atoms with Crippen molar-refractivity contribution in [2.75, 3.05) is 0 Å². The highest BCUT2D eigenvalue weighted by atomic mass is 35.5. The number of hydrogen-bond acceptors (Lipinski definition) is 1. The molecular formula is C15H18ClFO2. The first-order valence-electron chi connectivity index (χ1n) is 6.61. The van der Waals surface area contributed by atoms with Gasteiger partial charge >= 0.3 is 5.97 Å². The second-order valence-corrected chi connectivity index (χ2v) is 6.04. The van der Waals surface area contributed by atoms with E-state index in [9.17, 15) is 14.3 Å². The van der Waals surface area contributed by atoms with Gasteiger partial charge in [0, 0.05) is 0 Å². The summed E-state index contributed by atoms with van der Waals surface area (Å²) in [6.07, 6.45) is 3.39. The summed E-state index contributed by atoms with van der Waals surface area (Å²) in [5, 5.41) is 9.62. The zero-order valence-corrected chi connectivity index (χ0v) is 11.7. The zero-order chi connectivity index (χ0) is 14.0. The average molecular weight is 285 g/mol. The first-order chi connectivity index (χ1) is 8.94. The molecule has 1 aliphatic rings. The number of benzene rings is 1. The van der Waals surface area contributed by atoms with E-state index in [0.29, 0.717) is 30.7 Å². The van der Waals surface area contributed by atoms with Crippen molar-refractivity contribution in [1.82, 2.24) is 0 Å². The molecule has 0 amide bonds. The second-order valence-electron chi connectivity index (χ2n) is 5.66. The molecule has 1 aromatic carbocycles. The molecule has 0 heterocycles. The molecule has 0 aliphatic heterocycles. The molecule has 104 valence electrons. The molecule has 1 N–H and O–H groups in total. The molecule has 19 heavy (non-hydrogen) atoms. The van der Waals surface area contributed by atoms with Gasteiger partial charge in [0.05, 0.1) is 10.4 Å². The molecule has 0 bridgehead atoms. The third-order valence-electron chi connectivity index (χ3n) is 4.25. The molecule has 0 aromatic heterocycles. The highest BCUT2D eigenvalue weighted by Crippen LogP contribution is 2.42. The van der Waals surface area contributed by atoms with Crippen LogP contribution in [0.2, 0.25) is 5.02 Å². The molecule has 0 saturated heterocycles. The van der Waals surface area contributed by atoms with Gasteiger partial charge in [0.1, 0.15) is 5.82 Å². The second kappa shape index (κ2) is 5.49. The summed E-state index contributed by atoms with van der Waals surface area (Å²) in [6.45, 7) is 2.14. The van der Waals surface area contributed by atoms with Gasteiger partial charge in [0.15, 0.2) is 0 Å². The van der Waals surface area contributed by atoms with Crippen LogP contribution in [-0.2, 0) is 11.2 Å². The monoisotopic (exact) mass is 284 g/mol. The Labute approximate surface area is 117 Å². The normalized spacial score (nSPS) is 27.2. The molecule has 1 aromatic rings. The molecule has 0 unspecified atom stereocenters. The van der Waals surface area contributed by atoms with E-state index in [1.807, 2.05) is 0 Å². The largest absolute Gasteiger partial charge is 0.481 e. The quantitative estimate of drug-likeness (QED) is 0.898. The van der Waals surface area contributed by atoms with E-state index in [0.717, 1.165) is 12.8 Å². The van der Waals surface area contributed by atoms with Gasteiger partial charge in [0.25, 0.3) is 0 Å². The van der Waals surface area contributed by atoms with Gasteiger partial charge in [-0.2, -0.15) is 0 Å². The van der Waals surface area contributed by atoms with Gasteiger partial charge in [-0.1, -0.05) is 30.7 Å². The molecule has 1 fully saturated rings. The summed E-state index contributed by atoms with van der Waals surface area (Å²) in [4.78, 5) is 11.6. The first-order valence-corrected chi connectivity index (χ1v) is 6.99. The molecule has 2 nitrogen and oxygen atoms in total. The summed E-state index contributed by atoms with van der Waals surface area (Å²) >= 11 is 5.94. The number of carboxylic acid groups (broad SMARTS) is 1. The predicted molar refractivity (Wildman–Crippen MR) is 72.8 cm³/mol. The summed E-state index contributed by atoms with van der Waals surface area (Å²) < 4.78 is 13.4. The maximum Gasteiger partial charge on any atom is 0.309 e. The van der Waals surface area contributed by atoms with Gasteiger partial charge in [0.2, 0.25) is 0 Å². The lowest BCUT2D eigenvalue weighted by Crippen LogP contribution is -2.37. The molecule has 0 spiro atoms. The van der Waals surface area contributed by atoms with Crippen molar-refractivity contribution >= 4 is 17.6 Å². The number of hydrogen-bond donors (Lipinski definition) is 1. The lowest BCUT2D eigenvalue weighted by Gasteiger charge is -2.36. The van der Waals surface area contributed by atoms with Crippen molar-refractivity contribution in [3.8, 4) is 0 Å². The lowest BCUT2D eigenvalue weighted by atomic mass is 9.68. The Hall–Kier alpha value is -1.09. The fraction of sp³-hybridized carbons (Fsp3) is 0.533. The molecule has 0 atom stereocenters. The van der Waals surface area contributed by atoms with E-state index in [4.69, 9.17) is 11.6 Å². The lowest BCUT2D eigenvalue weighted by molar-refractivity contribution is -0.151. The molecule has 4 heteroatoms. The minimum absolute atomic E-state index is 0.0572. The Morgan fingerprint density at radius 1 is 1.47 bits per heavy atom. The molecule has 1 aliphatic carbocycles. The topological polar surface area (TPSA) is 37.3 Å². The van der Waals surface area contributed by atoms with Crippen LogP contribution < -0.4 is 0 Å². The van der Waals surface area contributed by atoms with E-state index < -0.39 is 17.2 Å². The Morgan fingerprint density at radius 3 is 2.68 bits per heavy atom. The summed E-state index contributed by atoms with van der Waals surface area (Å²) in [6, 6.07) is 4.59. The van der Waals surface area contributed by atoms with Crippen LogP contribution in [0.4, 0.5) is 4.39 Å². The Balaban J connectivity index is 2.27. The number of carbonyl (C=O) groups is 1. The van der Waals surface area contributed by atoms with E-state index >= 15 is 0 Å². The number of aliphatic carboxylic acids is 1. The van der Waals surface area contributed by atoms with Crippen molar-refractivity contribution in [1.29, 1.82) is 0 Å². The van der Waals surface area contributed by atoms with Gasteiger partial charge in [-0.05, 0) is 49.7 Å². The van der Waals surface area contributed by atoms with Gasteiger partial charge < -0.3 is 5.11 Å². The Bertz CT molecular complexity index is 479. The molecule has 0 radical (unpaired) electrons. The fourth-order valence-corrected chi connectivity index (χ4v) is 3.02. The van der Waals surface area contributed by atoms with Crippen LogP contribution in [0.5, 0.6) is 0 Å². The zero-order valence-electron chi connectivity index (χ0n) is 11.0. The van der Waals surface area contributed by atoms with Crippen LogP contribution >= 0.6 is 11.6 Å². The van der Waals surface area contributed by atoms with E-state index in [1.165, 1.54) is 6.07 Å². The van der Waals surface area contributed by atoms with Crippen molar-refractivity contribution in [2.24, 2.45) is 11.3 Å². The molecular weight excluding hydrogens is 267 g/mol. The number of halogens is 2. The van der Waals surface area contributed by atoms with Crippen molar-refractivity contribution in [3.05, 3.63) is 34.6 Å². The van der Waals surface area contributed by atoms with Crippen LogP contribution in [0.25, 0.3) is 0 Å². The van der Waals surface area contributed by atoms with Crippen LogP contribution in [0.3, 0.4) is 0 Å². The van der Waals surface area contributed by atoms with E-state index in [-0.39, 0.29) is 5.02 Å². The Morgan fingerprint density at radius 2 is 2.11 bits per heavy atom. The van der Waals surface area contributed by atoms with Crippen LogP contribution in [0, 0.1) is 17.2 Å². The van der Waals surface area contributed by atoms with Gasteiger partial charge in [-0.3, -0.25) is 4.79 Å². The maximum atomic E-state index is 13.4. The molecule has 2 rings (SSSR count). The predicted octanol–water partition coefficient (Wildman–Crippen LogP) is 4.30. The highest BCUT2D eigenvalue weighted by molar-refractivity contribution is 6.31. The van der Waals surface area contributed by atoms with Gasteiger partial charge in [-0.15, -0.1) is 0 Å². The summed E-state index contributed by atoms with van der Waals surface area (Å²) in [5.74, 6) is -0.709.